The lowest BCUT2D eigenvalue weighted by Gasteiger charge is -2.29. The van der Waals surface area contributed by atoms with Gasteiger partial charge >= 0.3 is 11.9 Å². The van der Waals surface area contributed by atoms with Gasteiger partial charge in [-0.2, -0.15) is 0 Å². The summed E-state index contributed by atoms with van der Waals surface area (Å²) in [4.78, 5) is 68.3. The van der Waals surface area contributed by atoms with Crippen molar-refractivity contribution in [3.05, 3.63) is 51.7 Å². The second kappa shape index (κ2) is 20.2. The number of nitrogens with zero attached hydrogens (tertiary/aromatic N) is 1. The summed E-state index contributed by atoms with van der Waals surface area (Å²) in [5.74, 6) is -3.89. The third-order valence-electron chi connectivity index (χ3n) is 9.16. The minimum absolute atomic E-state index is 0.0629. The summed E-state index contributed by atoms with van der Waals surface area (Å²) in [6.07, 6.45) is 4.05. The molecule has 0 aliphatic heterocycles. The largest absolute Gasteiger partial charge is 0.481 e. The summed E-state index contributed by atoms with van der Waals surface area (Å²) in [7, 11) is 1.89. The predicted molar refractivity (Wildman–Crippen MR) is 192 cm³/mol. The molecule has 1 aliphatic carbocycles. The van der Waals surface area contributed by atoms with Gasteiger partial charge in [0.15, 0.2) is 6.10 Å². The maximum Gasteiger partial charge on any atom is 0.306 e. The molecule has 0 spiro atoms. The number of carboxylic acids is 1. The number of thiazole rings is 1. The molecule has 1 saturated carbocycles. The first-order valence-electron chi connectivity index (χ1n) is 17.8. The molecule has 1 heterocycles. The molecule has 0 saturated heterocycles. The number of esters is 1. The molecule has 1 aromatic heterocycles. The number of rotatable bonds is 22. The summed E-state index contributed by atoms with van der Waals surface area (Å²) in [6, 6.07) is 4.10. The van der Waals surface area contributed by atoms with E-state index in [2.05, 4.69) is 26.3 Å². The van der Waals surface area contributed by atoms with Gasteiger partial charge in [0.05, 0.1) is 5.92 Å². The molecule has 3 rings (SSSR count). The second-order valence-electron chi connectivity index (χ2n) is 14.1. The number of halogens is 1. The van der Waals surface area contributed by atoms with E-state index in [0.29, 0.717) is 5.01 Å². The van der Waals surface area contributed by atoms with Gasteiger partial charge in [-0.05, 0) is 81.6 Å². The Morgan fingerprint density at radius 2 is 1.65 bits per heavy atom. The molecule has 2 unspecified atom stereocenters. The van der Waals surface area contributed by atoms with Crippen molar-refractivity contribution in [3.8, 4) is 0 Å². The lowest BCUT2D eigenvalue weighted by molar-refractivity contribution is -0.147. The van der Waals surface area contributed by atoms with E-state index in [1.165, 1.54) is 24.4 Å². The number of aromatic nitrogens is 1. The molecular formula is C37H54FN5O7S. The molecule has 0 bridgehead atoms. The first-order valence-corrected chi connectivity index (χ1v) is 18.7. The van der Waals surface area contributed by atoms with Crippen LogP contribution in [-0.4, -0.2) is 71.5 Å². The Balaban J connectivity index is 1.71. The summed E-state index contributed by atoms with van der Waals surface area (Å²) in [5.41, 5.74) is 0.800. The number of aliphatic carboxylic acids is 1. The number of ether oxygens (including phenoxy) is 1. The van der Waals surface area contributed by atoms with Crippen LogP contribution in [0.4, 0.5) is 4.39 Å². The molecule has 6 atom stereocenters. The Morgan fingerprint density at radius 1 is 0.961 bits per heavy atom. The predicted octanol–water partition coefficient (Wildman–Crippen LogP) is 4.79. The minimum Gasteiger partial charge on any atom is -0.481 e. The standard InChI is InChI=1S/C37H54FN5O7S/c1-21(2)29(41-35(47)32(26-12-13-26)43-33(45)22(3)9-7-8-16-39-6)19-31(50-24(5)44)36-42-30(20-51-36)34(46)40-28(17-23(4)37(48)49)18-25-10-14-27(38)15-11-25/h10-11,14-15,20-23,26,28-29,31-32,39H,7-9,12-13,16-19H2,1-6H3,(H,40,46)(H,41,47)(H,43,45)(H,48,49)/t22?,23-,28+,29+,31?,32-/m0/s1. The quantitative estimate of drug-likeness (QED) is 0.0843. The highest BCUT2D eigenvalue weighted by atomic mass is 32.1. The molecule has 5 N–H and O–H groups in total. The Labute approximate surface area is 304 Å². The van der Waals surface area contributed by atoms with E-state index in [4.69, 9.17) is 4.74 Å². The number of benzene rings is 1. The van der Waals surface area contributed by atoms with Crippen molar-refractivity contribution in [3.63, 3.8) is 0 Å². The smallest absolute Gasteiger partial charge is 0.306 e. The molecule has 282 valence electrons. The van der Waals surface area contributed by atoms with Crippen LogP contribution in [0.25, 0.3) is 0 Å². The lowest BCUT2D eigenvalue weighted by Crippen LogP contribution is -2.53. The third-order valence-corrected chi connectivity index (χ3v) is 10.1. The third kappa shape index (κ3) is 14.0. The van der Waals surface area contributed by atoms with Crippen LogP contribution in [0, 0.1) is 29.5 Å². The van der Waals surface area contributed by atoms with Gasteiger partial charge in [0.25, 0.3) is 5.91 Å². The van der Waals surface area contributed by atoms with Crippen molar-refractivity contribution in [2.75, 3.05) is 13.6 Å². The highest BCUT2D eigenvalue weighted by Gasteiger charge is 2.39. The van der Waals surface area contributed by atoms with Crippen LogP contribution in [0.1, 0.15) is 107 Å². The molecule has 3 amide bonds. The summed E-state index contributed by atoms with van der Waals surface area (Å²) >= 11 is 1.14. The van der Waals surface area contributed by atoms with Crippen LogP contribution >= 0.6 is 11.3 Å². The molecule has 14 heteroatoms. The molecule has 1 aliphatic rings. The first kappa shape index (κ1) is 41.5. The number of carbonyl (C=O) groups excluding carboxylic acids is 4. The van der Waals surface area contributed by atoms with Gasteiger partial charge in [-0.25, -0.2) is 9.37 Å². The van der Waals surface area contributed by atoms with E-state index >= 15 is 0 Å². The number of hydrogen-bond donors (Lipinski definition) is 5. The highest BCUT2D eigenvalue weighted by Crippen LogP contribution is 2.34. The van der Waals surface area contributed by atoms with Gasteiger partial charge in [-0.1, -0.05) is 46.2 Å². The van der Waals surface area contributed by atoms with Crippen molar-refractivity contribution in [1.29, 1.82) is 0 Å². The summed E-state index contributed by atoms with van der Waals surface area (Å²) in [6.45, 7) is 9.47. The van der Waals surface area contributed by atoms with Crippen LogP contribution in [0.3, 0.4) is 0 Å². The van der Waals surface area contributed by atoms with E-state index in [9.17, 15) is 33.5 Å². The molecule has 1 aromatic carbocycles. The topological polar surface area (TPSA) is 176 Å². The van der Waals surface area contributed by atoms with Crippen molar-refractivity contribution in [2.45, 2.75) is 110 Å². The van der Waals surface area contributed by atoms with Gasteiger partial charge in [-0.3, -0.25) is 24.0 Å². The molecule has 0 radical (unpaired) electrons. The Morgan fingerprint density at radius 3 is 2.24 bits per heavy atom. The van der Waals surface area contributed by atoms with E-state index in [1.54, 1.807) is 19.1 Å². The summed E-state index contributed by atoms with van der Waals surface area (Å²) in [5, 5.41) is 23.5. The maximum absolute atomic E-state index is 13.6. The van der Waals surface area contributed by atoms with Crippen LogP contribution in [0.2, 0.25) is 0 Å². The van der Waals surface area contributed by atoms with E-state index in [0.717, 1.165) is 55.5 Å². The monoisotopic (exact) mass is 731 g/mol. The van der Waals surface area contributed by atoms with Crippen molar-refractivity contribution < 1.29 is 38.2 Å². The minimum atomic E-state index is -1.00. The van der Waals surface area contributed by atoms with E-state index in [-0.39, 0.29) is 54.5 Å². The normalized spacial score (nSPS) is 16.3. The SMILES string of the molecule is CNCCCCC(C)C(=O)N[C@H](C(=O)N[C@H](CC(OC(C)=O)c1nc(C(=O)N[C@@H](Cc2ccc(F)cc2)C[C@H](C)C(=O)O)cs1)C(C)C)C1CC1. The Kier molecular flexibility index (Phi) is 16.5. The Hall–Kier alpha value is -3.91. The lowest BCUT2D eigenvalue weighted by atomic mass is 9.96. The fourth-order valence-electron chi connectivity index (χ4n) is 5.83. The van der Waals surface area contributed by atoms with Crippen molar-refractivity contribution >= 4 is 41.0 Å². The van der Waals surface area contributed by atoms with Crippen molar-refractivity contribution in [2.24, 2.45) is 23.7 Å². The number of carboxylic acid groups (broad SMARTS) is 1. The zero-order chi connectivity index (χ0) is 37.7. The molecule has 51 heavy (non-hydrogen) atoms. The first-order chi connectivity index (χ1) is 24.2. The van der Waals surface area contributed by atoms with Crippen molar-refractivity contribution in [1.82, 2.24) is 26.3 Å². The van der Waals surface area contributed by atoms with E-state index in [1.807, 2.05) is 27.8 Å². The molecule has 2 aromatic rings. The van der Waals surface area contributed by atoms with Gasteiger partial charge in [0, 0.05) is 36.7 Å². The Bertz CT molecular complexity index is 1470. The number of carbonyl (C=O) groups is 5. The summed E-state index contributed by atoms with van der Waals surface area (Å²) < 4.78 is 19.1. The van der Waals surface area contributed by atoms with E-state index < -0.39 is 53.8 Å². The highest BCUT2D eigenvalue weighted by molar-refractivity contribution is 7.09. The fraction of sp³-hybridized carbons (Fsp3) is 0.622. The fourth-order valence-corrected chi connectivity index (χ4v) is 6.67. The van der Waals surface area contributed by atoms with Gasteiger partial charge in [-0.15, -0.1) is 11.3 Å². The molecule has 12 nitrogen and oxygen atoms in total. The molecular weight excluding hydrogens is 678 g/mol. The maximum atomic E-state index is 13.6. The van der Waals surface area contributed by atoms with Crippen LogP contribution in [0.5, 0.6) is 0 Å². The van der Waals surface area contributed by atoms with Gasteiger partial charge in [0.1, 0.15) is 22.6 Å². The zero-order valence-corrected chi connectivity index (χ0v) is 31.3. The van der Waals surface area contributed by atoms with Gasteiger partial charge < -0.3 is 31.1 Å². The zero-order valence-electron chi connectivity index (χ0n) is 30.5. The average molecular weight is 732 g/mol. The average Bonchev–Trinajstić information content (AvgIpc) is 3.79. The molecule has 1 fully saturated rings. The second-order valence-corrected chi connectivity index (χ2v) is 15.0. The van der Waals surface area contributed by atoms with Crippen LogP contribution < -0.4 is 21.3 Å². The van der Waals surface area contributed by atoms with Crippen LogP contribution in [-0.2, 0) is 30.3 Å². The number of unbranched alkanes of at least 4 members (excludes halogenated alkanes) is 1. The number of amides is 3. The number of hydrogen-bond acceptors (Lipinski definition) is 9. The number of nitrogens with one attached hydrogen (secondary N) is 4. The van der Waals surface area contributed by atoms with Crippen LogP contribution in [0.15, 0.2) is 29.6 Å². The van der Waals surface area contributed by atoms with Gasteiger partial charge in [0.2, 0.25) is 11.8 Å².